The summed E-state index contributed by atoms with van der Waals surface area (Å²) in [6, 6.07) is 6.35. The van der Waals surface area contributed by atoms with Crippen LogP contribution >= 0.6 is 0 Å². The van der Waals surface area contributed by atoms with Crippen molar-refractivity contribution in [2.24, 2.45) is 0 Å². The lowest BCUT2D eigenvalue weighted by Gasteiger charge is -2.04. The molecule has 0 amide bonds. The van der Waals surface area contributed by atoms with Gasteiger partial charge >= 0.3 is 0 Å². The Hall–Kier alpha value is -1.77. The maximum absolute atomic E-state index is 5.84. The van der Waals surface area contributed by atoms with Gasteiger partial charge in [0.25, 0.3) is 0 Å². The molecule has 90 valence electrons. The predicted molar refractivity (Wildman–Crippen MR) is 69.8 cm³/mol. The van der Waals surface area contributed by atoms with Gasteiger partial charge in [0.05, 0.1) is 0 Å². The van der Waals surface area contributed by atoms with Gasteiger partial charge in [-0.05, 0) is 32.4 Å². The van der Waals surface area contributed by atoms with Gasteiger partial charge in [-0.1, -0.05) is 35.7 Å². The highest BCUT2D eigenvalue weighted by Crippen LogP contribution is 2.30. The third-order valence-corrected chi connectivity index (χ3v) is 2.80. The average molecular weight is 230 g/mol. The van der Waals surface area contributed by atoms with Crippen LogP contribution < -0.4 is 5.73 Å². The Morgan fingerprint density at radius 1 is 1.18 bits per heavy atom. The monoisotopic (exact) mass is 230 g/mol. The van der Waals surface area contributed by atoms with Gasteiger partial charge in [-0.2, -0.15) is 0 Å². The second-order valence-electron chi connectivity index (χ2n) is 4.50. The number of aryl methyl sites for hydroxylation is 2. The molecule has 0 aliphatic heterocycles. The van der Waals surface area contributed by atoms with Crippen LogP contribution in [0.5, 0.6) is 0 Å². The lowest BCUT2D eigenvalue weighted by molar-refractivity contribution is 0.435. The largest absolute Gasteiger partial charge is 0.381 e. The number of hydrogen-bond donors (Lipinski definition) is 1. The fraction of sp³-hybridized carbons (Fsp3) is 0.357. The molecule has 0 aliphatic rings. The van der Waals surface area contributed by atoms with Gasteiger partial charge < -0.3 is 10.3 Å². The van der Waals surface area contributed by atoms with E-state index in [2.05, 4.69) is 44.1 Å². The molecule has 0 atom stereocenters. The maximum atomic E-state index is 5.84. The van der Waals surface area contributed by atoms with E-state index in [1.807, 2.05) is 0 Å². The van der Waals surface area contributed by atoms with Crippen LogP contribution in [0.25, 0.3) is 11.3 Å². The van der Waals surface area contributed by atoms with Crippen molar-refractivity contribution in [2.45, 2.75) is 33.6 Å². The van der Waals surface area contributed by atoms with E-state index in [0.717, 1.165) is 29.7 Å². The summed E-state index contributed by atoms with van der Waals surface area (Å²) in [6.45, 7) is 6.28. The van der Waals surface area contributed by atoms with Gasteiger partial charge in [0.15, 0.2) is 11.6 Å². The first-order chi connectivity index (χ1) is 8.11. The zero-order chi connectivity index (χ0) is 12.4. The molecule has 1 aromatic heterocycles. The second kappa shape index (κ2) is 4.62. The van der Waals surface area contributed by atoms with Crippen LogP contribution in [-0.4, -0.2) is 5.16 Å². The molecule has 0 aliphatic carbocycles. The van der Waals surface area contributed by atoms with E-state index in [4.69, 9.17) is 10.3 Å². The number of benzene rings is 1. The zero-order valence-electron chi connectivity index (χ0n) is 10.6. The first kappa shape index (κ1) is 11.7. The van der Waals surface area contributed by atoms with E-state index >= 15 is 0 Å². The van der Waals surface area contributed by atoms with E-state index in [1.165, 1.54) is 11.1 Å². The Balaban J connectivity index is 2.52. The fourth-order valence-electron chi connectivity index (χ4n) is 2.15. The summed E-state index contributed by atoms with van der Waals surface area (Å²) in [5.41, 5.74) is 10.4. The number of hydrogen-bond acceptors (Lipinski definition) is 3. The molecule has 0 fully saturated rings. The Bertz CT molecular complexity index is 509. The van der Waals surface area contributed by atoms with Crippen molar-refractivity contribution in [3.8, 4) is 11.3 Å². The van der Waals surface area contributed by atoms with Gasteiger partial charge in [-0.15, -0.1) is 0 Å². The second-order valence-corrected chi connectivity index (χ2v) is 4.50. The van der Waals surface area contributed by atoms with Crippen molar-refractivity contribution in [3.63, 3.8) is 0 Å². The van der Waals surface area contributed by atoms with Crippen LogP contribution in [-0.2, 0) is 6.42 Å². The Labute approximate surface area is 102 Å². The molecule has 3 heteroatoms. The van der Waals surface area contributed by atoms with Crippen LogP contribution in [0.4, 0.5) is 5.82 Å². The summed E-state index contributed by atoms with van der Waals surface area (Å²) in [5.74, 6) is 1.33. The van der Waals surface area contributed by atoms with Gasteiger partial charge in [-0.25, -0.2) is 0 Å². The number of rotatable bonds is 3. The summed E-state index contributed by atoms with van der Waals surface area (Å²) < 4.78 is 5.37. The summed E-state index contributed by atoms with van der Waals surface area (Å²) in [5, 5.41) is 3.87. The molecule has 0 radical (unpaired) electrons. The average Bonchev–Trinajstić information content (AvgIpc) is 2.60. The Morgan fingerprint density at radius 2 is 1.82 bits per heavy atom. The molecule has 3 nitrogen and oxygen atoms in total. The van der Waals surface area contributed by atoms with Crippen molar-refractivity contribution in [2.75, 3.05) is 5.73 Å². The third kappa shape index (κ3) is 2.33. The van der Waals surface area contributed by atoms with Gasteiger partial charge in [-0.3, -0.25) is 0 Å². The molecule has 0 saturated heterocycles. The SMILES string of the molecule is CCCc1c(N)noc1-c1cc(C)cc(C)c1. The lowest BCUT2D eigenvalue weighted by atomic mass is 10.0. The molecule has 1 heterocycles. The minimum absolute atomic E-state index is 0.515. The molecule has 0 saturated carbocycles. The van der Waals surface area contributed by atoms with E-state index in [9.17, 15) is 0 Å². The number of nitrogen functional groups attached to an aromatic ring is 1. The smallest absolute Gasteiger partial charge is 0.172 e. The first-order valence-electron chi connectivity index (χ1n) is 5.94. The molecule has 2 aromatic rings. The van der Waals surface area contributed by atoms with Crippen molar-refractivity contribution >= 4 is 5.82 Å². The number of anilines is 1. The highest BCUT2D eigenvalue weighted by molar-refractivity contribution is 5.67. The van der Waals surface area contributed by atoms with E-state index < -0.39 is 0 Å². The third-order valence-electron chi connectivity index (χ3n) is 2.80. The zero-order valence-corrected chi connectivity index (χ0v) is 10.6. The molecule has 0 unspecified atom stereocenters. The van der Waals surface area contributed by atoms with Crippen LogP contribution in [0.1, 0.15) is 30.0 Å². The van der Waals surface area contributed by atoms with E-state index in [-0.39, 0.29) is 0 Å². The summed E-state index contributed by atoms with van der Waals surface area (Å²) in [7, 11) is 0. The van der Waals surface area contributed by atoms with Crippen LogP contribution in [0, 0.1) is 13.8 Å². The molecular formula is C14H18N2O. The topological polar surface area (TPSA) is 52.0 Å². The van der Waals surface area contributed by atoms with Gasteiger partial charge in [0.1, 0.15) is 0 Å². The van der Waals surface area contributed by atoms with Crippen molar-refractivity contribution in [3.05, 3.63) is 34.9 Å². The lowest BCUT2D eigenvalue weighted by Crippen LogP contribution is -1.93. The highest BCUT2D eigenvalue weighted by atomic mass is 16.5. The van der Waals surface area contributed by atoms with Crippen molar-refractivity contribution in [1.29, 1.82) is 0 Å². The minimum Gasteiger partial charge on any atom is -0.381 e. The highest BCUT2D eigenvalue weighted by Gasteiger charge is 2.15. The Kier molecular flexibility index (Phi) is 3.18. The molecule has 0 bridgehead atoms. The quantitative estimate of drug-likeness (QED) is 0.878. The number of aromatic nitrogens is 1. The van der Waals surface area contributed by atoms with E-state index in [1.54, 1.807) is 0 Å². The molecular weight excluding hydrogens is 212 g/mol. The van der Waals surface area contributed by atoms with Crippen LogP contribution in [0.2, 0.25) is 0 Å². The number of nitrogens with two attached hydrogens (primary N) is 1. The molecule has 1 aromatic carbocycles. The first-order valence-corrected chi connectivity index (χ1v) is 5.94. The molecule has 2 rings (SSSR count). The van der Waals surface area contributed by atoms with Crippen LogP contribution in [0.3, 0.4) is 0 Å². The molecule has 17 heavy (non-hydrogen) atoms. The van der Waals surface area contributed by atoms with Crippen LogP contribution in [0.15, 0.2) is 22.7 Å². The van der Waals surface area contributed by atoms with E-state index in [0.29, 0.717) is 5.82 Å². The molecule has 2 N–H and O–H groups in total. The van der Waals surface area contributed by atoms with Gasteiger partial charge in [0.2, 0.25) is 0 Å². The summed E-state index contributed by atoms with van der Waals surface area (Å²) in [4.78, 5) is 0. The normalized spacial score (nSPS) is 10.8. The maximum Gasteiger partial charge on any atom is 0.172 e. The summed E-state index contributed by atoms with van der Waals surface area (Å²) >= 11 is 0. The fourth-order valence-corrected chi connectivity index (χ4v) is 2.15. The number of nitrogens with zero attached hydrogens (tertiary/aromatic N) is 1. The van der Waals surface area contributed by atoms with Gasteiger partial charge in [0, 0.05) is 11.1 Å². The molecule has 0 spiro atoms. The van der Waals surface area contributed by atoms with Crippen molar-refractivity contribution < 1.29 is 4.52 Å². The Morgan fingerprint density at radius 3 is 2.41 bits per heavy atom. The summed E-state index contributed by atoms with van der Waals surface area (Å²) in [6.07, 6.45) is 1.93. The van der Waals surface area contributed by atoms with Crippen molar-refractivity contribution in [1.82, 2.24) is 5.16 Å². The standard InChI is InChI=1S/C14H18N2O/c1-4-5-12-13(17-16-14(12)15)11-7-9(2)6-10(3)8-11/h6-8H,4-5H2,1-3H3,(H2,15,16). The predicted octanol–water partition coefficient (Wildman–Crippen LogP) is 3.49. The minimum atomic E-state index is 0.515.